The summed E-state index contributed by atoms with van der Waals surface area (Å²) in [7, 11) is 1.66. The van der Waals surface area contributed by atoms with E-state index in [-0.39, 0.29) is 6.61 Å². The largest absolute Gasteiger partial charge is 0.497 e. The molecule has 0 unspecified atom stereocenters. The van der Waals surface area contributed by atoms with E-state index in [0.29, 0.717) is 37.9 Å². The Balaban J connectivity index is 1.96. The summed E-state index contributed by atoms with van der Waals surface area (Å²) >= 11 is 0. The van der Waals surface area contributed by atoms with E-state index >= 15 is 0 Å². The third-order valence-electron chi connectivity index (χ3n) is 4.62. The molecule has 2 aromatic rings. The fraction of sp³-hybridized carbons (Fsp3) is 0.423. The topological polar surface area (TPSA) is 63.2 Å². The fourth-order valence-corrected chi connectivity index (χ4v) is 2.82. The van der Waals surface area contributed by atoms with Gasteiger partial charge in [0, 0.05) is 19.1 Å². The van der Waals surface area contributed by atoms with Crippen LogP contribution in [0.2, 0.25) is 0 Å². The Hall–Kier alpha value is -2.99. The molecular weight excluding hydrogens is 408 g/mol. The van der Waals surface area contributed by atoms with Crippen LogP contribution >= 0.6 is 0 Å². The highest BCUT2D eigenvalue weighted by Gasteiger charge is 2.07. The van der Waals surface area contributed by atoms with Gasteiger partial charge in [-0.15, -0.1) is 0 Å². The van der Waals surface area contributed by atoms with Gasteiger partial charge in [0.15, 0.2) is 11.5 Å². The first-order chi connectivity index (χ1) is 15.7. The molecule has 0 aromatic heterocycles. The third-order valence-corrected chi connectivity index (χ3v) is 4.62. The monoisotopic (exact) mass is 442 g/mol. The molecule has 6 heteroatoms. The molecule has 174 valence electrons. The molecule has 0 heterocycles. The third kappa shape index (κ3) is 9.43. The van der Waals surface area contributed by atoms with Crippen LogP contribution in [0.15, 0.2) is 48.5 Å². The number of esters is 1. The van der Waals surface area contributed by atoms with Crippen molar-refractivity contribution >= 4 is 12.0 Å². The lowest BCUT2D eigenvalue weighted by Gasteiger charge is -2.14. The summed E-state index contributed by atoms with van der Waals surface area (Å²) in [6.07, 6.45) is 5.88. The molecule has 0 saturated heterocycles. The van der Waals surface area contributed by atoms with Gasteiger partial charge in [0.2, 0.25) is 0 Å². The first-order valence-electron chi connectivity index (χ1n) is 11.1. The van der Waals surface area contributed by atoms with E-state index in [0.717, 1.165) is 30.6 Å². The molecule has 0 fully saturated rings. The maximum absolute atomic E-state index is 11.8. The fourth-order valence-electron chi connectivity index (χ4n) is 2.82. The summed E-state index contributed by atoms with van der Waals surface area (Å²) in [6.45, 7) is 6.39. The number of benzene rings is 2. The van der Waals surface area contributed by atoms with Gasteiger partial charge in [0.25, 0.3) is 0 Å². The quantitative estimate of drug-likeness (QED) is 0.218. The minimum absolute atomic E-state index is 0.239. The van der Waals surface area contributed by atoms with Gasteiger partial charge in [-0.25, -0.2) is 4.79 Å². The highest BCUT2D eigenvalue weighted by Crippen LogP contribution is 2.29. The Bertz CT molecular complexity index is 829. The molecule has 6 nitrogen and oxygen atoms in total. The summed E-state index contributed by atoms with van der Waals surface area (Å²) < 4.78 is 27.4. The molecule has 32 heavy (non-hydrogen) atoms. The minimum atomic E-state index is -0.405. The first kappa shape index (κ1) is 25.3. The second-order valence-corrected chi connectivity index (χ2v) is 7.05. The van der Waals surface area contributed by atoms with Crippen molar-refractivity contribution in [3.63, 3.8) is 0 Å². The SMILES string of the molecule is CCCCOc1cc(/C=C\C(=O)OCCOCC)ccc1OCCc1ccc(OC)cc1. The number of carbonyl (C=O) groups is 1. The average molecular weight is 443 g/mol. The van der Waals surface area contributed by atoms with Crippen molar-refractivity contribution in [3.05, 3.63) is 59.7 Å². The van der Waals surface area contributed by atoms with Crippen molar-refractivity contribution in [1.82, 2.24) is 0 Å². The van der Waals surface area contributed by atoms with Gasteiger partial charge >= 0.3 is 5.97 Å². The predicted octanol–water partition coefficient (Wildman–Crippen LogP) is 5.09. The molecule has 0 aliphatic carbocycles. The van der Waals surface area contributed by atoms with Gasteiger partial charge in [-0.2, -0.15) is 0 Å². The van der Waals surface area contributed by atoms with Crippen LogP contribution in [0.5, 0.6) is 17.2 Å². The van der Waals surface area contributed by atoms with Gasteiger partial charge < -0.3 is 23.7 Å². The molecule has 2 rings (SSSR count). The van der Waals surface area contributed by atoms with Gasteiger partial charge in [-0.1, -0.05) is 31.5 Å². The summed E-state index contributed by atoms with van der Waals surface area (Å²) in [5.74, 6) is 1.78. The highest BCUT2D eigenvalue weighted by atomic mass is 16.6. The van der Waals surface area contributed by atoms with Gasteiger partial charge in [-0.05, 0) is 54.8 Å². The number of hydrogen-bond acceptors (Lipinski definition) is 6. The molecule has 0 saturated carbocycles. The lowest BCUT2D eigenvalue weighted by Crippen LogP contribution is -2.08. The average Bonchev–Trinajstić information content (AvgIpc) is 2.82. The lowest BCUT2D eigenvalue weighted by atomic mass is 10.1. The van der Waals surface area contributed by atoms with Crippen molar-refractivity contribution in [1.29, 1.82) is 0 Å². The predicted molar refractivity (Wildman–Crippen MR) is 126 cm³/mol. The van der Waals surface area contributed by atoms with Crippen LogP contribution < -0.4 is 14.2 Å². The van der Waals surface area contributed by atoms with Crippen molar-refractivity contribution in [2.45, 2.75) is 33.1 Å². The maximum atomic E-state index is 11.8. The Morgan fingerprint density at radius 1 is 0.906 bits per heavy atom. The van der Waals surface area contributed by atoms with Crippen LogP contribution in [-0.2, 0) is 20.7 Å². The van der Waals surface area contributed by atoms with E-state index in [4.69, 9.17) is 23.7 Å². The van der Waals surface area contributed by atoms with Crippen LogP contribution in [-0.4, -0.2) is 46.1 Å². The number of hydrogen-bond donors (Lipinski definition) is 0. The Morgan fingerprint density at radius 2 is 1.69 bits per heavy atom. The number of rotatable bonds is 15. The van der Waals surface area contributed by atoms with Crippen molar-refractivity contribution < 1.29 is 28.5 Å². The van der Waals surface area contributed by atoms with Crippen LogP contribution in [0.25, 0.3) is 6.08 Å². The molecule has 0 aliphatic heterocycles. The molecule has 0 spiro atoms. The minimum Gasteiger partial charge on any atom is -0.497 e. The molecular formula is C26H34O6. The van der Waals surface area contributed by atoms with Crippen LogP contribution in [0.1, 0.15) is 37.8 Å². The van der Waals surface area contributed by atoms with E-state index in [9.17, 15) is 4.79 Å². The summed E-state index contributed by atoms with van der Waals surface area (Å²) in [4.78, 5) is 11.8. The first-order valence-corrected chi connectivity index (χ1v) is 11.1. The normalized spacial score (nSPS) is 10.8. The summed E-state index contributed by atoms with van der Waals surface area (Å²) in [5.41, 5.74) is 2.00. The van der Waals surface area contributed by atoms with E-state index in [1.807, 2.05) is 49.4 Å². The Morgan fingerprint density at radius 3 is 2.41 bits per heavy atom. The van der Waals surface area contributed by atoms with Crippen molar-refractivity contribution in [2.75, 3.05) is 40.1 Å². The second-order valence-electron chi connectivity index (χ2n) is 7.05. The smallest absolute Gasteiger partial charge is 0.330 e. The van der Waals surface area contributed by atoms with Gasteiger partial charge in [0.05, 0.1) is 26.9 Å². The lowest BCUT2D eigenvalue weighted by molar-refractivity contribution is -0.139. The maximum Gasteiger partial charge on any atom is 0.330 e. The molecule has 2 aromatic carbocycles. The molecule has 0 N–H and O–H groups in total. The zero-order valence-corrected chi connectivity index (χ0v) is 19.3. The van der Waals surface area contributed by atoms with E-state index in [1.165, 1.54) is 11.6 Å². The Labute approximate surface area is 191 Å². The zero-order valence-electron chi connectivity index (χ0n) is 19.3. The van der Waals surface area contributed by atoms with Gasteiger partial charge in [-0.3, -0.25) is 0 Å². The van der Waals surface area contributed by atoms with Crippen LogP contribution in [0.3, 0.4) is 0 Å². The Kier molecular flexibility index (Phi) is 11.8. The van der Waals surface area contributed by atoms with E-state index in [1.54, 1.807) is 13.2 Å². The summed E-state index contributed by atoms with van der Waals surface area (Å²) in [5, 5.41) is 0. The van der Waals surface area contributed by atoms with E-state index in [2.05, 4.69) is 6.92 Å². The summed E-state index contributed by atoms with van der Waals surface area (Å²) in [6, 6.07) is 13.6. The second kappa shape index (κ2) is 14.9. The van der Waals surface area contributed by atoms with Crippen molar-refractivity contribution in [2.24, 2.45) is 0 Å². The number of ether oxygens (including phenoxy) is 5. The standard InChI is InChI=1S/C26H34O6/c1-4-6-16-30-25-20-22(10-14-26(27)32-19-18-29-5-2)9-13-24(25)31-17-15-21-7-11-23(28-3)12-8-21/h7-14,20H,4-6,15-19H2,1-3H3/b14-10-. The number of carbonyl (C=O) groups excluding carboxylic acids is 1. The zero-order chi connectivity index (χ0) is 23.0. The van der Waals surface area contributed by atoms with E-state index < -0.39 is 5.97 Å². The van der Waals surface area contributed by atoms with Crippen LogP contribution in [0, 0.1) is 0 Å². The van der Waals surface area contributed by atoms with Crippen LogP contribution in [0.4, 0.5) is 0 Å². The highest BCUT2D eigenvalue weighted by molar-refractivity contribution is 5.87. The van der Waals surface area contributed by atoms with Crippen molar-refractivity contribution in [3.8, 4) is 17.2 Å². The molecule has 0 radical (unpaired) electrons. The number of methoxy groups -OCH3 is 1. The molecule has 0 aliphatic rings. The molecule has 0 atom stereocenters. The molecule has 0 bridgehead atoms. The van der Waals surface area contributed by atoms with Gasteiger partial charge in [0.1, 0.15) is 12.4 Å². The number of unbranched alkanes of at least 4 members (excludes halogenated alkanes) is 1. The molecule has 0 amide bonds.